The van der Waals surface area contributed by atoms with Crippen LogP contribution in [0, 0.1) is 6.92 Å². The average molecular weight is 396 g/mol. The van der Waals surface area contributed by atoms with Gasteiger partial charge in [0.2, 0.25) is 0 Å². The van der Waals surface area contributed by atoms with Crippen LogP contribution in [0.4, 0.5) is 5.69 Å². The molecular formula is C23H28N2O4. The van der Waals surface area contributed by atoms with Gasteiger partial charge in [-0.1, -0.05) is 35.9 Å². The lowest BCUT2D eigenvalue weighted by Crippen LogP contribution is -2.51. The molecule has 1 fully saturated rings. The number of anilines is 1. The molecule has 1 heterocycles. The summed E-state index contributed by atoms with van der Waals surface area (Å²) in [6, 6.07) is 17.8. The summed E-state index contributed by atoms with van der Waals surface area (Å²) in [6.07, 6.45) is -0.682. The number of ether oxygens (including phenoxy) is 2. The van der Waals surface area contributed by atoms with Crippen LogP contribution in [0.2, 0.25) is 0 Å². The van der Waals surface area contributed by atoms with Gasteiger partial charge < -0.3 is 19.3 Å². The van der Waals surface area contributed by atoms with Crippen molar-refractivity contribution in [1.29, 1.82) is 0 Å². The predicted octanol–water partition coefficient (Wildman–Crippen LogP) is 3.04. The maximum absolute atomic E-state index is 12.6. The number of esters is 1. The Labute approximate surface area is 172 Å². The van der Waals surface area contributed by atoms with Crippen LogP contribution in [0.3, 0.4) is 0 Å². The number of para-hydroxylation sites is 1. The Morgan fingerprint density at radius 1 is 0.966 bits per heavy atom. The van der Waals surface area contributed by atoms with Crippen LogP contribution in [0.15, 0.2) is 54.6 Å². The van der Waals surface area contributed by atoms with E-state index in [1.165, 1.54) is 0 Å². The Morgan fingerprint density at radius 3 is 2.28 bits per heavy atom. The van der Waals surface area contributed by atoms with Gasteiger partial charge in [-0.2, -0.15) is 0 Å². The largest absolute Gasteiger partial charge is 0.493 e. The zero-order valence-corrected chi connectivity index (χ0v) is 17.0. The molecule has 2 aromatic rings. The number of amides is 1. The highest BCUT2D eigenvalue weighted by Crippen LogP contribution is 2.16. The minimum absolute atomic E-state index is 0.104. The van der Waals surface area contributed by atoms with Crippen molar-refractivity contribution in [3.63, 3.8) is 0 Å². The van der Waals surface area contributed by atoms with Crippen molar-refractivity contribution in [3.05, 3.63) is 60.2 Å². The molecule has 2 aromatic carbocycles. The summed E-state index contributed by atoms with van der Waals surface area (Å²) in [5.74, 6) is 0.134. The fourth-order valence-electron chi connectivity index (χ4n) is 3.27. The van der Waals surface area contributed by atoms with Gasteiger partial charge in [0.1, 0.15) is 5.75 Å². The molecule has 0 saturated carbocycles. The van der Waals surface area contributed by atoms with Gasteiger partial charge in [-0.3, -0.25) is 9.59 Å². The third kappa shape index (κ3) is 5.98. The summed E-state index contributed by atoms with van der Waals surface area (Å²) in [6.45, 7) is 6.62. The summed E-state index contributed by atoms with van der Waals surface area (Å²) in [4.78, 5) is 28.7. The van der Waals surface area contributed by atoms with Crippen molar-refractivity contribution < 1.29 is 19.1 Å². The second kappa shape index (κ2) is 9.96. The number of benzene rings is 2. The van der Waals surface area contributed by atoms with E-state index in [9.17, 15) is 9.59 Å². The van der Waals surface area contributed by atoms with E-state index in [1.807, 2.05) is 49.4 Å². The fourth-order valence-corrected chi connectivity index (χ4v) is 3.27. The molecule has 0 N–H and O–H groups in total. The van der Waals surface area contributed by atoms with Crippen molar-refractivity contribution >= 4 is 17.6 Å². The molecule has 0 spiro atoms. The number of nitrogens with zero attached hydrogens (tertiary/aromatic N) is 2. The van der Waals surface area contributed by atoms with Crippen LogP contribution >= 0.6 is 0 Å². The molecule has 0 bridgehead atoms. The quantitative estimate of drug-likeness (QED) is 0.674. The van der Waals surface area contributed by atoms with Crippen LogP contribution in [-0.2, 0) is 14.3 Å². The van der Waals surface area contributed by atoms with Gasteiger partial charge >= 0.3 is 5.97 Å². The minimum Gasteiger partial charge on any atom is -0.493 e. The molecule has 0 unspecified atom stereocenters. The normalized spacial score (nSPS) is 15.0. The smallest absolute Gasteiger partial charge is 0.310 e. The molecule has 3 rings (SSSR count). The molecule has 1 atom stereocenters. The number of hydrogen-bond donors (Lipinski definition) is 0. The zero-order valence-electron chi connectivity index (χ0n) is 17.0. The third-order valence-electron chi connectivity index (χ3n) is 4.96. The molecular weight excluding hydrogens is 368 g/mol. The van der Waals surface area contributed by atoms with Crippen LogP contribution in [-0.4, -0.2) is 55.7 Å². The molecule has 1 aliphatic heterocycles. The fraction of sp³-hybridized carbons (Fsp3) is 0.391. The maximum atomic E-state index is 12.6. The lowest BCUT2D eigenvalue weighted by molar-refractivity contribution is -0.159. The van der Waals surface area contributed by atoms with E-state index >= 15 is 0 Å². The highest BCUT2D eigenvalue weighted by atomic mass is 16.6. The second-order valence-corrected chi connectivity index (χ2v) is 7.19. The van der Waals surface area contributed by atoms with Gasteiger partial charge in [0.05, 0.1) is 13.0 Å². The standard InChI is InChI=1S/C23H28N2O4/c1-18-8-10-21(11-9-18)28-17-12-22(26)29-19(2)23(27)25-15-13-24(14-16-25)20-6-4-3-5-7-20/h3-11,19H,12-17H2,1-2H3/t19-/m0/s1. The maximum Gasteiger partial charge on any atom is 0.310 e. The molecule has 0 aliphatic carbocycles. The van der Waals surface area contributed by atoms with Crippen molar-refractivity contribution in [2.75, 3.05) is 37.7 Å². The zero-order chi connectivity index (χ0) is 20.6. The summed E-state index contributed by atoms with van der Waals surface area (Å²) < 4.78 is 10.9. The van der Waals surface area contributed by atoms with E-state index in [-0.39, 0.29) is 18.9 Å². The van der Waals surface area contributed by atoms with Gasteiger partial charge in [-0.05, 0) is 38.1 Å². The van der Waals surface area contributed by atoms with E-state index in [0.29, 0.717) is 18.8 Å². The summed E-state index contributed by atoms with van der Waals surface area (Å²) in [5.41, 5.74) is 2.31. The Bertz CT molecular complexity index is 799. The van der Waals surface area contributed by atoms with Crippen molar-refractivity contribution in [2.45, 2.75) is 26.4 Å². The van der Waals surface area contributed by atoms with E-state index in [4.69, 9.17) is 9.47 Å². The van der Waals surface area contributed by atoms with Gasteiger partial charge in [0.15, 0.2) is 6.10 Å². The summed E-state index contributed by atoms with van der Waals surface area (Å²) in [7, 11) is 0. The van der Waals surface area contributed by atoms with Crippen molar-refractivity contribution in [2.24, 2.45) is 0 Å². The highest BCUT2D eigenvalue weighted by Gasteiger charge is 2.27. The van der Waals surface area contributed by atoms with Crippen LogP contribution < -0.4 is 9.64 Å². The third-order valence-corrected chi connectivity index (χ3v) is 4.96. The number of carbonyl (C=O) groups excluding carboxylic acids is 2. The molecule has 1 aliphatic rings. The second-order valence-electron chi connectivity index (χ2n) is 7.19. The van der Waals surface area contributed by atoms with Crippen molar-refractivity contribution in [3.8, 4) is 5.75 Å². The number of rotatable bonds is 7. The topological polar surface area (TPSA) is 59.1 Å². The first kappa shape index (κ1) is 20.7. The first-order chi connectivity index (χ1) is 14.0. The van der Waals surface area contributed by atoms with Crippen molar-refractivity contribution in [1.82, 2.24) is 4.90 Å². The van der Waals surface area contributed by atoms with Crippen LogP contribution in [0.5, 0.6) is 5.75 Å². The number of carbonyl (C=O) groups is 2. The van der Waals surface area contributed by atoms with E-state index in [2.05, 4.69) is 17.0 Å². The molecule has 0 radical (unpaired) electrons. The van der Waals surface area contributed by atoms with Gasteiger partial charge in [0.25, 0.3) is 5.91 Å². The van der Waals surface area contributed by atoms with Crippen LogP contribution in [0.25, 0.3) is 0 Å². The SMILES string of the molecule is Cc1ccc(OCCC(=O)O[C@@H](C)C(=O)N2CCN(c3ccccc3)CC2)cc1. The lowest BCUT2D eigenvalue weighted by Gasteiger charge is -2.37. The Kier molecular flexibility index (Phi) is 7.11. The highest BCUT2D eigenvalue weighted by molar-refractivity contribution is 5.83. The molecule has 29 heavy (non-hydrogen) atoms. The Balaban J connectivity index is 1.38. The summed E-state index contributed by atoms with van der Waals surface area (Å²) in [5, 5.41) is 0. The van der Waals surface area contributed by atoms with E-state index in [0.717, 1.165) is 24.3 Å². The first-order valence-electron chi connectivity index (χ1n) is 10.0. The van der Waals surface area contributed by atoms with Gasteiger partial charge in [-0.25, -0.2) is 0 Å². The van der Waals surface area contributed by atoms with Crippen LogP contribution in [0.1, 0.15) is 18.9 Å². The lowest BCUT2D eigenvalue weighted by atomic mass is 10.2. The Morgan fingerprint density at radius 2 is 1.62 bits per heavy atom. The predicted molar refractivity (Wildman–Crippen MR) is 112 cm³/mol. The average Bonchev–Trinajstić information content (AvgIpc) is 2.75. The molecule has 1 amide bonds. The monoisotopic (exact) mass is 396 g/mol. The molecule has 1 saturated heterocycles. The molecule has 6 heteroatoms. The Hall–Kier alpha value is -3.02. The van der Waals surface area contributed by atoms with Gasteiger partial charge in [-0.15, -0.1) is 0 Å². The van der Waals surface area contributed by atoms with Gasteiger partial charge in [0, 0.05) is 31.9 Å². The molecule has 0 aromatic heterocycles. The van der Waals surface area contributed by atoms with E-state index in [1.54, 1.807) is 11.8 Å². The van der Waals surface area contributed by atoms with E-state index < -0.39 is 12.1 Å². The number of hydrogen-bond acceptors (Lipinski definition) is 5. The summed E-state index contributed by atoms with van der Waals surface area (Å²) >= 11 is 0. The minimum atomic E-state index is -0.787. The molecule has 154 valence electrons. The number of aryl methyl sites for hydroxylation is 1. The molecule has 6 nitrogen and oxygen atoms in total. The first-order valence-corrected chi connectivity index (χ1v) is 10.0. The number of piperazine rings is 1.